The van der Waals surface area contributed by atoms with Crippen LogP contribution in [0.3, 0.4) is 0 Å². The summed E-state index contributed by atoms with van der Waals surface area (Å²) in [6.45, 7) is 3.70. The molecule has 1 aliphatic heterocycles. The fraction of sp³-hybridized carbons (Fsp3) is 0.500. The van der Waals surface area contributed by atoms with Crippen LogP contribution in [0.25, 0.3) is 0 Å². The van der Waals surface area contributed by atoms with Crippen molar-refractivity contribution in [2.75, 3.05) is 13.1 Å². The second kappa shape index (κ2) is 4.19. The predicted molar refractivity (Wildman–Crippen MR) is 57.6 cm³/mol. The third kappa shape index (κ3) is 2.12. The second-order valence-electron chi connectivity index (χ2n) is 4.18. The molecule has 0 aromatic heterocycles. The highest BCUT2D eigenvalue weighted by Crippen LogP contribution is 2.31. The average molecular weight is 209 g/mol. The van der Waals surface area contributed by atoms with E-state index in [-0.39, 0.29) is 11.6 Å². The van der Waals surface area contributed by atoms with Crippen LogP contribution in [0.2, 0.25) is 0 Å². The topological polar surface area (TPSA) is 32.3 Å². The molecule has 1 aromatic rings. The maximum atomic E-state index is 13.6. The van der Waals surface area contributed by atoms with Crippen molar-refractivity contribution < 1.29 is 9.50 Å². The van der Waals surface area contributed by atoms with Gasteiger partial charge in [-0.15, -0.1) is 0 Å². The van der Waals surface area contributed by atoms with Crippen LogP contribution < -0.4 is 5.32 Å². The van der Waals surface area contributed by atoms with E-state index in [1.54, 1.807) is 13.0 Å². The quantitative estimate of drug-likeness (QED) is 0.744. The number of phenols is 1. The Hall–Kier alpha value is -1.09. The van der Waals surface area contributed by atoms with Gasteiger partial charge in [0.2, 0.25) is 0 Å². The Morgan fingerprint density at radius 2 is 2.00 bits per heavy atom. The van der Waals surface area contributed by atoms with Gasteiger partial charge in [0.25, 0.3) is 0 Å². The molecule has 0 aliphatic carbocycles. The molecular formula is C12H16FNO. The zero-order chi connectivity index (χ0) is 10.8. The Labute approximate surface area is 89.1 Å². The van der Waals surface area contributed by atoms with Crippen LogP contribution in [-0.4, -0.2) is 18.2 Å². The summed E-state index contributed by atoms with van der Waals surface area (Å²) in [7, 11) is 0. The molecule has 82 valence electrons. The summed E-state index contributed by atoms with van der Waals surface area (Å²) >= 11 is 0. The highest BCUT2D eigenvalue weighted by Gasteiger charge is 2.19. The number of hydrogen-bond donors (Lipinski definition) is 2. The smallest absolute Gasteiger partial charge is 0.130 e. The molecule has 1 fully saturated rings. The number of aryl methyl sites for hydroxylation is 1. The first-order valence-corrected chi connectivity index (χ1v) is 5.38. The average Bonchev–Trinajstić information content (AvgIpc) is 2.25. The van der Waals surface area contributed by atoms with Gasteiger partial charge in [-0.3, -0.25) is 0 Å². The van der Waals surface area contributed by atoms with E-state index in [1.807, 2.05) is 0 Å². The molecular weight excluding hydrogens is 193 g/mol. The maximum Gasteiger partial charge on any atom is 0.130 e. The van der Waals surface area contributed by atoms with Gasteiger partial charge in [0, 0.05) is 6.07 Å². The molecule has 0 amide bonds. The predicted octanol–water partition coefficient (Wildman–Crippen LogP) is 2.31. The first kappa shape index (κ1) is 10.4. The highest BCUT2D eigenvalue weighted by atomic mass is 19.1. The molecule has 1 aromatic carbocycles. The van der Waals surface area contributed by atoms with Crippen LogP contribution in [0.4, 0.5) is 4.39 Å². The Kier molecular flexibility index (Phi) is 2.91. The number of benzene rings is 1. The summed E-state index contributed by atoms with van der Waals surface area (Å²) in [5.41, 5.74) is 1.51. The van der Waals surface area contributed by atoms with Gasteiger partial charge in [0.15, 0.2) is 0 Å². The van der Waals surface area contributed by atoms with Crippen LogP contribution in [0, 0.1) is 12.7 Å². The molecule has 15 heavy (non-hydrogen) atoms. The van der Waals surface area contributed by atoms with Crippen LogP contribution in [-0.2, 0) is 0 Å². The van der Waals surface area contributed by atoms with Gasteiger partial charge in [0.1, 0.15) is 11.6 Å². The number of aromatic hydroxyl groups is 1. The zero-order valence-electron chi connectivity index (χ0n) is 8.89. The van der Waals surface area contributed by atoms with Crippen molar-refractivity contribution in [1.82, 2.24) is 5.32 Å². The van der Waals surface area contributed by atoms with Gasteiger partial charge < -0.3 is 10.4 Å². The number of hydrogen-bond acceptors (Lipinski definition) is 2. The highest BCUT2D eigenvalue weighted by molar-refractivity contribution is 5.37. The lowest BCUT2D eigenvalue weighted by atomic mass is 9.89. The number of nitrogens with one attached hydrogen (secondary N) is 1. The third-order valence-electron chi connectivity index (χ3n) is 3.09. The summed E-state index contributed by atoms with van der Waals surface area (Å²) < 4.78 is 13.6. The Bertz CT molecular complexity index is 359. The number of phenolic OH excluding ortho intramolecular Hbond substituents is 1. The fourth-order valence-electron chi connectivity index (χ4n) is 2.14. The molecule has 2 N–H and O–H groups in total. The Morgan fingerprint density at radius 1 is 1.33 bits per heavy atom. The van der Waals surface area contributed by atoms with Gasteiger partial charge >= 0.3 is 0 Å². The molecule has 2 nitrogen and oxygen atoms in total. The van der Waals surface area contributed by atoms with Crippen molar-refractivity contribution in [2.45, 2.75) is 25.7 Å². The van der Waals surface area contributed by atoms with Gasteiger partial charge in [-0.2, -0.15) is 0 Å². The molecule has 2 rings (SSSR count). The summed E-state index contributed by atoms with van der Waals surface area (Å²) in [6.07, 6.45) is 1.95. The SMILES string of the molecule is Cc1cc(C2CCNCC2)c(F)cc1O. The number of halogens is 1. The van der Waals surface area contributed by atoms with Crippen molar-refractivity contribution in [2.24, 2.45) is 0 Å². The molecule has 0 atom stereocenters. The van der Waals surface area contributed by atoms with Crippen LogP contribution in [0.1, 0.15) is 29.9 Å². The largest absolute Gasteiger partial charge is 0.508 e. The normalized spacial score (nSPS) is 18.0. The molecule has 1 aliphatic rings. The van der Waals surface area contributed by atoms with E-state index in [1.165, 1.54) is 6.07 Å². The lowest BCUT2D eigenvalue weighted by Gasteiger charge is -2.23. The van der Waals surface area contributed by atoms with Crippen LogP contribution >= 0.6 is 0 Å². The fourth-order valence-corrected chi connectivity index (χ4v) is 2.14. The van der Waals surface area contributed by atoms with Crippen molar-refractivity contribution in [1.29, 1.82) is 0 Å². The summed E-state index contributed by atoms with van der Waals surface area (Å²) in [6, 6.07) is 3.01. The van der Waals surface area contributed by atoms with Gasteiger partial charge in [-0.25, -0.2) is 4.39 Å². The van der Waals surface area contributed by atoms with Crippen molar-refractivity contribution in [3.63, 3.8) is 0 Å². The van der Waals surface area contributed by atoms with E-state index in [4.69, 9.17) is 0 Å². The van der Waals surface area contributed by atoms with Gasteiger partial charge in [0.05, 0.1) is 0 Å². The minimum absolute atomic E-state index is 0.0465. The summed E-state index contributed by atoms with van der Waals surface area (Å²) in [5.74, 6) is 0.0701. The molecule has 1 saturated heterocycles. The minimum Gasteiger partial charge on any atom is -0.508 e. The molecule has 0 unspecified atom stereocenters. The third-order valence-corrected chi connectivity index (χ3v) is 3.09. The summed E-state index contributed by atoms with van der Waals surface area (Å²) in [5, 5.41) is 12.6. The second-order valence-corrected chi connectivity index (χ2v) is 4.18. The molecule has 0 saturated carbocycles. The summed E-state index contributed by atoms with van der Waals surface area (Å²) in [4.78, 5) is 0. The Morgan fingerprint density at radius 3 is 2.67 bits per heavy atom. The lowest BCUT2D eigenvalue weighted by Crippen LogP contribution is -2.27. The Balaban J connectivity index is 2.30. The van der Waals surface area contributed by atoms with Gasteiger partial charge in [-0.05, 0) is 56.0 Å². The van der Waals surface area contributed by atoms with Gasteiger partial charge in [-0.1, -0.05) is 0 Å². The van der Waals surface area contributed by atoms with Crippen molar-refractivity contribution in [3.05, 3.63) is 29.1 Å². The zero-order valence-corrected chi connectivity index (χ0v) is 8.89. The van der Waals surface area contributed by atoms with Crippen molar-refractivity contribution >= 4 is 0 Å². The monoisotopic (exact) mass is 209 g/mol. The number of rotatable bonds is 1. The molecule has 1 heterocycles. The molecule has 0 spiro atoms. The van der Waals surface area contributed by atoms with E-state index in [0.717, 1.165) is 37.1 Å². The van der Waals surface area contributed by atoms with E-state index in [0.29, 0.717) is 5.92 Å². The molecule has 0 bridgehead atoms. The van der Waals surface area contributed by atoms with E-state index >= 15 is 0 Å². The van der Waals surface area contributed by atoms with Crippen LogP contribution in [0.5, 0.6) is 5.75 Å². The lowest BCUT2D eigenvalue weighted by molar-refractivity contribution is 0.436. The first-order chi connectivity index (χ1) is 7.18. The van der Waals surface area contributed by atoms with Crippen molar-refractivity contribution in [3.8, 4) is 5.75 Å². The first-order valence-electron chi connectivity index (χ1n) is 5.38. The minimum atomic E-state index is -0.273. The number of piperidine rings is 1. The molecule has 0 radical (unpaired) electrons. The van der Waals surface area contributed by atoms with E-state index < -0.39 is 0 Å². The van der Waals surface area contributed by atoms with E-state index in [9.17, 15) is 9.50 Å². The van der Waals surface area contributed by atoms with E-state index in [2.05, 4.69) is 5.32 Å². The molecule has 3 heteroatoms. The standard InChI is InChI=1S/C12H16FNO/c1-8-6-10(11(13)7-12(8)15)9-2-4-14-5-3-9/h6-7,9,14-15H,2-5H2,1H3. The maximum absolute atomic E-state index is 13.6. The van der Waals surface area contributed by atoms with Crippen LogP contribution in [0.15, 0.2) is 12.1 Å².